The second kappa shape index (κ2) is 8.93. The molecule has 0 spiro atoms. The standard InChI is InChI=1S/C20H29ClN2O3S/c1-15-8-10-17(11-9-15)22-27(25,26)14-20(24)23-12-4-6-18(23)13-16-5-2-3-7-19(16)21/h2-3,5,7,15,17-18,22H,4,6,8-14H2,1H3. The summed E-state index contributed by atoms with van der Waals surface area (Å²) < 4.78 is 27.7. The van der Waals surface area contributed by atoms with Gasteiger partial charge >= 0.3 is 0 Å². The lowest BCUT2D eigenvalue weighted by Crippen LogP contribution is -2.45. The largest absolute Gasteiger partial charge is 0.338 e. The van der Waals surface area contributed by atoms with Gasteiger partial charge in [0.25, 0.3) is 0 Å². The highest BCUT2D eigenvalue weighted by Crippen LogP contribution is 2.26. The number of halogens is 1. The maximum atomic E-state index is 12.7. The Balaban J connectivity index is 1.58. The first-order valence-corrected chi connectivity index (χ1v) is 11.9. The van der Waals surface area contributed by atoms with E-state index in [1.165, 1.54) is 0 Å². The average Bonchev–Trinajstić information content (AvgIpc) is 3.07. The molecule has 1 atom stereocenters. The smallest absolute Gasteiger partial charge is 0.239 e. The first-order valence-electron chi connectivity index (χ1n) is 9.87. The van der Waals surface area contributed by atoms with Crippen molar-refractivity contribution in [3.63, 3.8) is 0 Å². The fraction of sp³-hybridized carbons (Fsp3) is 0.650. The number of hydrogen-bond donors (Lipinski definition) is 1. The van der Waals surface area contributed by atoms with Crippen LogP contribution in [0.4, 0.5) is 0 Å². The summed E-state index contributed by atoms with van der Waals surface area (Å²) >= 11 is 6.25. The molecule has 1 saturated heterocycles. The second-order valence-corrected chi connectivity index (χ2v) is 10.2. The van der Waals surface area contributed by atoms with Crippen molar-refractivity contribution >= 4 is 27.5 Å². The molecule has 1 unspecified atom stereocenters. The summed E-state index contributed by atoms with van der Waals surface area (Å²) in [6.45, 7) is 2.81. The first kappa shape index (κ1) is 20.6. The van der Waals surface area contributed by atoms with E-state index in [4.69, 9.17) is 11.6 Å². The molecule has 3 rings (SSSR count). The minimum atomic E-state index is -3.61. The molecule has 0 aromatic heterocycles. The molecule has 0 radical (unpaired) electrons. The molecule has 1 aliphatic heterocycles. The van der Waals surface area contributed by atoms with Crippen LogP contribution in [-0.4, -0.2) is 43.6 Å². The third-order valence-corrected chi connectivity index (χ3v) is 7.47. The van der Waals surface area contributed by atoms with E-state index in [0.29, 0.717) is 23.9 Å². The molecule has 1 aromatic rings. The number of benzene rings is 1. The van der Waals surface area contributed by atoms with Gasteiger partial charge in [-0.3, -0.25) is 4.79 Å². The van der Waals surface area contributed by atoms with Crippen molar-refractivity contribution < 1.29 is 13.2 Å². The van der Waals surface area contributed by atoms with Crippen LogP contribution in [0, 0.1) is 5.92 Å². The number of likely N-dealkylation sites (tertiary alicyclic amines) is 1. The van der Waals surface area contributed by atoms with E-state index in [2.05, 4.69) is 11.6 Å². The Morgan fingerprint density at radius 1 is 1.19 bits per heavy atom. The van der Waals surface area contributed by atoms with E-state index >= 15 is 0 Å². The molecular formula is C20H29ClN2O3S. The molecule has 1 aliphatic carbocycles. The van der Waals surface area contributed by atoms with Gasteiger partial charge in [-0.05, 0) is 62.5 Å². The summed E-state index contributed by atoms with van der Waals surface area (Å²) in [7, 11) is -3.61. The lowest BCUT2D eigenvalue weighted by atomic mass is 9.88. The summed E-state index contributed by atoms with van der Waals surface area (Å²) in [5.74, 6) is -0.110. The minimum Gasteiger partial charge on any atom is -0.338 e. The monoisotopic (exact) mass is 412 g/mol. The molecule has 1 aromatic carbocycles. The molecule has 2 aliphatic rings. The number of nitrogens with zero attached hydrogens (tertiary/aromatic N) is 1. The molecule has 1 amide bonds. The van der Waals surface area contributed by atoms with Gasteiger partial charge in [0.05, 0.1) is 0 Å². The second-order valence-electron chi connectivity index (χ2n) is 8.01. The highest BCUT2D eigenvalue weighted by Gasteiger charge is 2.32. The quantitative estimate of drug-likeness (QED) is 0.778. The van der Waals surface area contributed by atoms with Gasteiger partial charge in [0.1, 0.15) is 5.75 Å². The number of carbonyl (C=O) groups excluding carboxylic acids is 1. The minimum absolute atomic E-state index is 0.0168. The van der Waals surface area contributed by atoms with E-state index in [-0.39, 0.29) is 18.0 Å². The Bertz CT molecular complexity index is 760. The third kappa shape index (κ3) is 5.69. The zero-order valence-corrected chi connectivity index (χ0v) is 17.4. The summed E-state index contributed by atoms with van der Waals surface area (Å²) in [5, 5.41) is 0.692. The van der Waals surface area contributed by atoms with Crippen LogP contribution in [0.3, 0.4) is 0 Å². The highest BCUT2D eigenvalue weighted by molar-refractivity contribution is 7.90. The molecule has 27 heavy (non-hydrogen) atoms. The van der Waals surface area contributed by atoms with E-state index in [1.807, 2.05) is 24.3 Å². The van der Waals surface area contributed by atoms with Gasteiger partial charge in [0.2, 0.25) is 15.9 Å². The number of carbonyl (C=O) groups is 1. The zero-order chi connectivity index (χ0) is 19.4. The van der Waals surface area contributed by atoms with Gasteiger partial charge in [0.15, 0.2) is 0 Å². The molecule has 2 fully saturated rings. The predicted octanol–water partition coefficient (Wildman–Crippen LogP) is 3.37. The molecule has 1 saturated carbocycles. The molecule has 7 heteroatoms. The Hall–Kier alpha value is -1.11. The van der Waals surface area contributed by atoms with Crippen molar-refractivity contribution in [2.24, 2.45) is 5.92 Å². The highest BCUT2D eigenvalue weighted by atomic mass is 35.5. The van der Waals surface area contributed by atoms with Crippen molar-refractivity contribution in [3.05, 3.63) is 34.9 Å². The van der Waals surface area contributed by atoms with Gasteiger partial charge in [-0.2, -0.15) is 0 Å². The summed E-state index contributed by atoms with van der Waals surface area (Å²) in [5.41, 5.74) is 1.00. The van der Waals surface area contributed by atoms with Crippen molar-refractivity contribution in [2.45, 2.75) is 64.0 Å². The third-order valence-electron chi connectivity index (χ3n) is 5.79. The molecule has 0 bridgehead atoms. The fourth-order valence-electron chi connectivity index (χ4n) is 4.21. The van der Waals surface area contributed by atoms with Crippen LogP contribution in [0.25, 0.3) is 0 Å². The van der Waals surface area contributed by atoms with Crippen LogP contribution in [0.1, 0.15) is 51.0 Å². The topological polar surface area (TPSA) is 66.5 Å². The van der Waals surface area contributed by atoms with Crippen LogP contribution in [-0.2, 0) is 21.2 Å². The lowest BCUT2D eigenvalue weighted by Gasteiger charge is -2.28. The Morgan fingerprint density at radius 3 is 2.59 bits per heavy atom. The average molecular weight is 413 g/mol. The van der Waals surface area contributed by atoms with Crippen molar-refractivity contribution in [2.75, 3.05) is 12.3 Å². The first-order chi connectivity index (χ1) is 12.8. The fourth-order valence-corrected chi connectivity index (χ4v) is 5.74. The van der Waals surface area contributed by atoms with Crippen LogP contribution in [0.15, 0.2) is 24.3 Å². The van der Waals surface area contributed by atoms with Crippen molar-refractivity contribution in [1.29, 1.82) is 0 Å². The maximum Gasteiger partial charge on any atom is 0.239 e. The van der Waals surface area contributed by atoms with Gasteiger partial charge in [0, 0.05) is 23.7 Å². The molecule has 1 heterocycles. The van der Waals surface area contributed by atoms with E-state index in [1.54, 1.807) is 4.90 Å². The van der Waals surface area contributed by atoms with Gasteiger partial charge < -0.3 is 4.90 Å². The summed E-state index contributed by atoms with van der Waals surface area (Å²) in [6, 6.07) is 7.61. The Morgan fingerprint density at radius 2 is 1.89 bits per heavy atom. The van der Waals surface area contributed by atoms with Gasteiger partial charge in [-0.1, -0.05) is 36.7 Å². The van der Waals surface area contributed by atoms with Crippen molar-refractivity contribution in [3.8, 4) is 0 Å². The summed E-state index contributed by atoms with van der Waals surface area (Å²) in [4.78, 5) is 14.4. The summed E-state index contributed by atoms with van der Waals surface area (Å²) in [6.07, 6.45) is 6.22. The number of rotatable bonds is 6. The van der Waals surface area contributed by atoms with E-state index in [0.717, 1.165) is 44.1 Å². The van der Waals surface area contributed by atoms with Gasteiger partial charge in [-0.15, -0.1) is 0 Å². The number of sulfonamides is 1. The number of nitrogens with one attached hydrogen (secondary N) is 1. The molecule has 1 N–H and O–H groups in total. The molecule has 150 valence electrons. The van der Waals surface area contributed by atoms with Crippen LogP contribution >= 0.6 is 11.6 Å². The lowest BCUT2D eigenvalue weighted by molar-refractivity contribution is -0.129. The Kier molecular flexibility index (Phi) is 6.82. The maximum absolute atomic E-state index is 12.7. The van der Waals surface area contributed by atoms with Crippen molar-refractivity contribution in [1.82, 2.24) is 9.62 Å². The normalized spacial score (nSPS) is 26.3. The van der Waals surface area contributed by atoms with E-state index < -0.39 is 15.8 Å². The molecular weight excluding hydrogens is 384 g/mol. The SMILES string of the molecule is CC1CCC(NS(=O)(=O)CC(=O)N2CCCC2Cc2ccccc2Cl)CC1. The van der Waals surface area contributed by atoms with Crippen LogP contribution < -0.4 is 4.72 Å². The predicted molar refractivity (Wildman–Crippen MR) is 108 cm³/mol. The van der Waals surface area contributed by atoms with Crippen LogP contribution in [0.5, 0.6) is 0 Å². The zero-order valence-electron chi connectivity index (χ0n) is 15.9. The van der Waals surface area contributed by atoms with E-state index in [9.17, 15) is 13.2 Å². The number of amides is 1. The molecule has 5 nitrogen and oxygen atoms in total. The number of hydrogen-bond acceptors (Lipinski definition) is 3. The van der Waals surface area contributed by atoms with Gasteiger partial charge in [-0.25, -0.2) is 13.1 Å². The Labute approximate surface area is 167 Å². The van der Waals surface area contributed by atoms with Crippen LogP contribution in [0.2, 0.25) is 5.02 Å².